The fraction of sp³-hybridized carbons (Fsp3) is 0.933. The van der Waals surface area contributed by atoms with Gasteiger partial charge in [0, 0.05) is 24.0 Å². The topological polar surface area (TPSA) is 46.3 Å². The van der Waals surface area contributed by atoms with Crippen molar-refractivity contribution in [2.24, 2.45) is 11.7 Å². The van der Waals surface area contributed by atoms with Gasteiger partial charge in [-0.3, -0.25) is 4.79 Å². The first-order valence-corrected chi connectivity index (χ1v) is 7.75. The van der Waals surface area contributed by atoms with Gasteiger partial charge in [-0.15, -0.1) is 0 Å². The molecular weight excluding hydrogens is 224 g/mol. The van der Waals surface area contributed by atoms with E-state index < -0.39 is 0 Å². The van der Waals surface area contributed by atoms with Crippen LogP contribution in [0.4, 0.5) is 0 Å². The Balaban J connectivity index is 2.03. The fourth-order valence-corrected chi connectivity index (χ4v) is 3.88. The molecule has 2 aliphatic rings. The van der Waals surface area contributed by atoms with E-state index in [-0.39, 0.29) is 5.92 Å². The van der Waals surface area contributed by atoms with Crippen LogP contribution < -0.4 is 5.73 Å². The molecule has 2 bridgehead atoms. The number of nitrogens with zero attached hydrogens (tertiary/aromatic N) is 1. The van der Waals surface area contributed by atoms with Crippen LogP contribution in [0, 0.1) is 5.92 Å². The second-order valence-corrected chi connectivity index (χ2v) is 6.14. The summed E-state index contributed by atoms with van der Waals surface area (Å²) in [5.41, 5.74) is 6.07. The average Bonchev–Trinajstić information content (AvgIpc) is 2.60. The van der Waals surface area contributed by atoms with Crippen molar-refractivity contribution in [3.8, 4) is 0 Å². The summed E-state index contributed by atoms with van der Waals surface area (Å²) in [5, 5.41) is 0. The summed E-state index contributed by atoms with van der Waals surface area (Å²) >= 11 is 0. The number of nitrogens with two attached hydrogens (primary N) is 1. The van der Waals surface area contributed by atoms with E-state index in [0.29, 0.717) is 24.0 Å². The van der Waals surface area contributed by atoms with Crippen molar-refractivity contribution < 1.29 is 4.79 Å². The maximum Gasteiger partial charge on any atom is 0.226 e. The first kappa shape index (κ1) is 13.9. The van der Waals surface area contributed by atoms with Gasteiger partial charge in [-0.05, 0) is 38.5 Å². The van der Waals surface area contributed by atoms with Crippen molar-refractivity contribution in [2.45, 2.75) is 83.3 Å². The SMILES string of the molecule is CCCC(CCC)C(=O)N1C2CCC1CC(N)C2. The Hall–Kier alpha value is -0.570. The lowest BCUT2D eigenvalue weighted by Crippen LogP contribution is -2.51. The van der Waals surface area contributed by atoms with Crippen LogP contribution >= 0.6 is 0 Å². The van der Waals surface area contributed by atoms with E-state index in [4.69, 9.17) is 5.73 Å². The number of hydrogen-bond acceptors (Lipinski definition) is 2. The standard InChI is InChI=1S/C15H28N2O/c1-3-5-11(6-4-2)15(18)17-13-7-8-14(17)10-12(16)9-13/h11-14H,3-10,16H2,1-2H3. The van der Waals surface area contributed by atoms with Crippen molar-refractivity contribution in [3.05, 3.63) is 0 Å². The second kappa shape index (κ2) is 6.05. The first-order chi connectivity index (χ1) is 8.67. The number of piperidine rings is 1. The molecule has 0 radical (unpaired) electrons. The highest BCUT2D eigenvalue weighted by molar-refractivity contribution is 5.80. The van der Waals surface area contributed by atoms with Gasteiger partial charge in [0.2, 0.25) is 5.91 Å². The highest BCUT2D eigenvalue weighted by atomic mass is 16.2. The van der Waals surface area contributed by atoms with E-state index in [9.17, 15) is 4.79 Å². The summed E-state index contributed by atoms with van der Waals surface area (Å²) in [6, 6.07) is 1.22. The van der Waals surface area contributed by atoms with Gasteiger partial charge < -0.3 is 10.6 Å². The Morgan fingerprint density at radius 3 is 2.11 bits per heavy atom. The van der Waals surface area contributed by atoms with Gasteiger partial charge in [0.05, 0.1) is 0 Å². The first-order valence-electron chi connectivity index (χ1n) is 7.75. The van der Waals surface area contributed by atoms with Crippen molar-refractivity contribution in [1.29, 1.82) is 0 Å². The number of fused-ring (bicyclic) bond motifs is 2. The molecule has 2 rings (SSSR count). The molecule has 2 aliphatic heterocycles. The molecule has 2 N–H and O–H groups in total. The second-order valence-electron chi connectivity index (χ2n) is 6.14. The maximum absolute atomic E-state index is 12.7. The van der Waals surface area contributed by atoms with Crippen molar-refractivity contribution in [2.75, 3.05) is 0 Å². The molecule has 0 aliphatic carbocycles. The number of rotatable bonds is 5. The molecule has 18 heavy (non-hydrogen) atoms. The molecule has 3 nitrogen and oxygen atoms in total. The maximum atomic E-state index is 12.7. The van der Waals surface area contributed by atoms with Crippen LogP contribution in [0.1, 0.15) is 65.2 Å². The summed E-state index contributed by atoms with van der Waals surface area (Å²) in [4.78, 5) is 15.0. The van der Waals surface area contributed by atoms with E-state index in [1.807, 2.05) is 0 Å². The molecule has 104 valence electrons. The van der Waals surface area contributed by atoms with Crippen molar-refractivity contribution >= 4 is 5.91 Å². The highest BCUT2D eigenvalue weighted by Crippen LogP contribution is 2.37. The molecule has 2 unspecified atom stereocenters. The summed E-state index contributed by atoms with van der Waals surface area (Å²) < 4.78 is 0. The Morgan fingerprint density at radius 1 is 1.17 bits per heavy atom. The number of hydrogen-bond donors (Lipinski definition) is 1. The predicted octanol–water partition coefficient (Wildman–Crippen LogP) is 2.68. The molecule has 2 atom stereocenters. The van der Waals surface area contributed by atoms with Gasteiger partial charge in [-0.2, -0.15) is 0 Å². The van der Waals surface area contributed by atoms with E-state index in [1.54, 1.807) is 0 Å². The predicted molar refractivity (Wildman–Crippen MR) is 74.2 cm³/mol. The molecule has 0 aromatic carbocycles. The van der Waals surface area contributed by atoms with E-state index in [0.717, 1.165) is 38.5 Å². The van der Waals surface area contributed by atoms with Crippen molar-refractivity contribution in [1.82, 2.24) is 4.90 Å². The lowest BCUT2D eigenvalue weighted by Gasteiger charge is -2.39. The molecular formula is C15H28N2O. The molecule has 2 fully saturated rings. The summed E-state index contributed by atoms with van der Waals surface area (Å²) in [6.07, 6.45) is 8.71. The van der Waals surface area contributed by atoms with Gasteiger partial charge >= 0.3 is 0 Å². The van der Waals surface area contributed by atoms with Gasteiger partial charge in [-0.1, -0.05) is 26.7 Å². The van der Waals surface area contributed by atoms with Crippen LogP contribution in [-0.4, -0.2) is 28.9 Å². The van der Waals surface area contributed by atoms with Crippen LogP contribution in [0.15, 0.2) is 0 Å². The number of amides is 1. The molecule has 2 saturated heterocycles. The van der Waals surface area contributed by atoms with Crippen LogP contribution in [0.5, 0.6) is 0 Å². The van der Waals surface area contributed by atoms with Crippen LogP contribution in [0.25, 0.3) is 0 Å². The molecule has 1 amide bonds. The van der Waals surface area contributed by atoms with E-state index in [2.05, 4.69) is 18.7 Å². The average molecular weight is 252 g/mol. The molecule has 0 spiro atoms. The van der Waals surface area contributed by atoms with Crippen LogP contribution in [0.3, 0.4) is 0 Å². The van der Waals surface area contributed by atoms with Gasteiger partial charge in [0.15, 0.2) is 0 Å². The normalized spacial score (nSPS) is 31.1. The van der Waals surface area contributed by atoms with Gasteiger partial charge in [0.1, 0.15) is 0 Å². The largest absolute Gasteiger partial charge is 0.336 e. The highest BCUT2D eigenvalue weighted by Gasteiger charge is 2.43. The minimum absolute atomic E-state index is 0.262. The lowest BCUT2D eigenvalue weighted by atomic mass is 9.92. The minimum Gasteiger partial charge on any atom is -0.336 e. The summed E-state index contributed by atoms with van der Waals surface area (Å²) in [6.45, 7) is 4.35. The molecule has 0 aromatic rings. The minimum atomic E-state index is 0.262. The molecule has 3 heteroatoms. The summed E-state index contributed by atoms with van der Waals surface area (Å²) in [7, 11) is 0. The lowest BCUT2D eigenvalue weighted by molar-refractivity contribution is -0.140. The van der Waals surface area contributed by atoms with Gasteiger partial charge in [0.25, 0.3) is 0 Å². The van der Waals surface area contributed by atoms with Crippen molar-refractivity contribution in [3.63, 3.8) is 0 Å². The third-order valence-corrected chi connectivity index (χ3v) is 4.65. The van der Waals surface area contributed by atoms with Gasteiger partial charge in [-0.25, -0.2) is 0 Å². The molecule has 0 saturated carbocycles. The zero-order valence-corrected chi connectivity index (χ0v) is 11.9. The zero-order chi connectivity index (χ0) is 13.1. The smallest absolute Gasteiger partial charge is 0.226 e. The van der Waals surface area contributed by atoms with E-state index in [1.165, 1.54) is 12.8 Å². The Morgan fingerprint density at radius 2 is 1.67 bits per heavy atom. The molecule has 0 aromatic heterocycles. The fourth-order valence-electron chi connectivity index (χ4n) is 3.88. The zero-order valence-electron chi connectivity index (χ0n) is 11.9. The Bertz CT molecular complexity index is 272. The van der Waals surface area contributed by atoms with Crippen LogP contribution in [-0.2, 0) is 4.79 Å². The molecule has 2 heterocycles. The third kappa shape index (κ3) is 2.71. The van der Waals surface area contributed by atoms with E-state index >= 15 is 0 Å². The number of carbonyl (C=O) groups excluding carboxylic acids is 1. The monoisotopic (exact) mass is 252 g/mol. The third-order valence-electron chi connectivity index (χ3n) is 4.65. The number of carbonyl (C=O) groups is 1. The Kier molecular flexibility index (Phi) is 4.66. The van der Waals surface area contributed by atoms with Crippen LogP contribution in [0.2, 0.25) is 0 Å². The Labute approximate surface area is 111 Å². The summed E-state index contributed by atoms with van der Waals surface area (Å²) in [5.74, 6) is 0.690. The quantitative estimate of drug-likeness (QED) is 0.817.